The van der Waals surface area contributed by atoms with E-state index in [0.29, 0.717) is 12.5 Å². The van der Waals surface area contributed by atoms with Gasteiger partial charge in [0, 0.05) is 45.0 Å². The number of aliphatic imine (C=N–C) groups is 1. The summed E-state index contributed by atoms with van der Waals surface area (Å²) in [7, 11) is 5.20. The van der Waals surface area contributed by atoms with Gasteiger partial charge in [-0.3, -0.25) is 4.99 Å². The van der Waals surface area contributed by atoms with E-state index < -0.39 is 0 Å². The van der Waals surface area contributed by atoms with Crippen molar-refractivity contribution in [2.45, 2.75) is 13.0 Å². The zero-order chi connectivity index (χ0) is 19.8. The van der Waals surface area contributed by atoms with Gasteiger partial charge >= 0.3 is 0 Å². The van der Waals surface area contributed by atoms with Gasteiger partial charge in [0.25, 0.3) is 0 Å². The molecule has 3 rings (SSSR count). The Morgan fingerprint density at radius 2 is 1.79 bits per heavy atom. The van der Waals surface area contributed by atoms with Crippen LogP contribution < -0.4 is 25.0 Å². The van der Waals surface area contributed by atoms with E-state index in [-0.39, 0.29) is 24.0 Å². The first-order chi connectivity index (χ1) is 13.7. The summed E-state index contributed by atoms with van der Waals surface area (Å²) in [6.45, 7) is 3.71. The number of guanidine groups is 1. The lowest BCUT2D eigenvalue weighted by atomic mass is 10.1. The molecule has 2 aromatic carbocycles. The summed E-state index contributed by atoms with van der Waals surface area (Å²) in [6, 6.07) is 16.3. The standard InChI is InChI=1S/C22H30N4O2.HI/c1-23-22(24-14-17-6-4-8-20(12-17)27-2)25-15-18-10-11-26(16-18)19-7-5-9-21(13-19)28-3;/h4-9,12-13,18H,10-11,14-16H2,1-3H3,(H2,23,24,25);1H. The van der Waals surface area contributed by atoms with Gasteiger partial charge in [0.05, 0.1) is 14.2 Å². The van der Waals surface area contributed by atoms with E-state index in [4.69, 9.17) is 9.47 Å². The fraction of sp³-hybridized carbons (Fsp3) is 0.409. The first-order valence-corrected chi connectivity index (χ1v) is 9.68. The zero-order valence-electron chi connectivity index (χ0n) is 17.4. The van der Waals surface area contributed by atoms with Crippen LogP contribution in [0.15, 0.2) is 53.5 Å². The summed E-state index contributed by atoms with van der Waals surface area (Å²) in [5.74, 6) is 3.18. The Bertz CT molecular complexity index is 800. The number of anilines is 1. The predicted octanol–water partition coefficient (Wildman–Crippen LogP) is 3.51. The molecule has 29 heavy (non-hydrogen) atoms. The molecule has 1 fully saturated rings. The molecule has 0 amide bonds. The molecule has 0 saturated carbocycles. The third kappa shape index (κ3) is 6.69. The van der Waals surface area contributed by atoms with Gasteiger partial charge in [0.1, 0.15) is 11.5 Å². The maximum atomic E-state index is 5.34. The molecule has 1 aliphatic heterocycles. The van der Waals surface area contributed by atoms with Crippen LogP contribution in [-0.4, -0.2) is 46.9 Å². The molecule has 6 nitrogen and oxygen atoms in total. The highest BCUT2D eigenvalue weighted by molar-refractivity contribution is 14.0. The van der Waals surface area contributed by atoms with Crippen molar-refractivity contribution in [1.82, 2.24) is 10.6 Å². The van der Waals surface area contributed by atoms with Crippen molar-refractivity contribution in [2.24, 2.45) is 10.9 Å². The molecule has 1 heterocycles. The van der Waals surface area contributed by atoms with Crippen molar-refractivity contribution >= 4 is 35.6 Å². The van der Waals surface area contributed by atoms with Crippen LogP contribution in [0.3, 0.4) is 0 Å². The fourth-order valence-corrected chi connectivity index (χ4v) is 3.47. The van der Waals surface area contributed by atoms with E-state index in [0.717, 1.165) is 49.1 Å². The molecule has 0 spiro atoms. The van der Waals surface area contributed by atoms with Gasteiger partial charge in [-0.2, -0.15) is 0 Å². The van der Waals surface area contributed by atoms with Crippen molar-refractivity contribution in [3.8, 4) is 11.5 Å². The van der Waals surface area contributed by atoms with Crippen molar-refractivity contribution in [2.75, 3.05) is 45.8 Å². The molecule has 2 aromatic rings. The van der Waals surface area contributed by atoms with Crippen LogP contribution in [0.1, 0.15) is 12.0 Å². The Hall–Kier alpha value is -2.16. The average Bonchev–Trinajstić information content (AvgIpc) is 3.23. The van der Waals surface area contributed by atoms with Crippen LogP contribution >= 0.6 is 24.0 Å². The molecular weight excluding hydrogens is 479 g/mol. The van der Waals surface area contributed by atoms with E-state index in [1.165, 1.54) is 5.69 Å². The minimum atomic E-state index is 0. The number of hydrogen-bond donors (Lipinski definition) is 2. The molecule has 0 aromatic heterocycles. The quantitative estimate of drug-likeness (QED) is 0.339. The highest BCUT2D eigenvalue weighted by Gasteiger charge is 2.23. The van der Waals surface area contributed by atoms with Crippen LogP contribution in [0.5, 0.6) is 11.5 Å². The highest BCUT2D eigenvalue weighted by Crippen LogP contribution is 2.26. The average molecular weight is 510 g/mol. The number of benzene rings is 2. The van der Waals surface area contributed by atoms with Crippen LogP contribution in [0.2, 0.25) is 0 Å². The van der Waals surface area contributed by atoms with E-state index in [9.17, 15) is 0 Å². The first-order valence-electron chi connectivity index (χ1n) is 9.68. The van der Waals surface area contributed by atoms with Crippen molar-refractivity contribution in [1.29, 1.82) is 0 Å². The molecule has 1 unspecified atom stereocenters. The number of nitrogens with one attached hydrogen (secondary N) is 2. The number of nitrogens with zero attached hydrogens (tertiary/aromatic N) is 2. The first kappa shape index (κ1) is 23.1. The minimum Gasteiger partial charge on any atom is -0.497 e. The molecule has 7 heteroatoms. The van der Waals surface area contributed by atoms with Crippen LogP contribution in [-0.2, 0) is 6.54 Å². The molecule has 1 saturated heterocycles. The van der Waals surface area contributed by atoms with Gasteiger partial charge in [-0.25, -0.2) is 0 Å². The summed E-state index contributed by atoms with van der Waals surface area (Å²) in [4.78, 5) is 6.76. The van der Waals surface area contributed by atoms with E-state index in [2.05, 4.69) is 38.7 Å². The van der Waals surface area contributed by atoms with Gasteiger partial charge in [-0.15, -0.1) is 24.0 Å². The number of rotatable bonds is 7. The molecule has 158 valence electrons. The zero-order valence-corrected chi connectivity index (χ0v) is 19.7. The number of hydrogen-bond acceptors (Lipinski definition) is 4. The Balaban J connectivity index is 0.00000300. The summed E-state index contributed by atoms with van der Waals surface area (Å²) in [5.41, 5.74) is 2.38. The lowest BCUT2D eigenvalue weighted by Gasteiger charge is -2.20. The fourth-order valence-electron chi connectivity index (χ4n) is 3.47. The van der Waals surface area contributed by atoms with E-state index in [1.54, 1.807) is 21.3 Å². The molecular formula is C22H31IN4O2. The van der Waals surface area contributed by atoms with Crippen LogP contribution in [0.4, 0.5) is 5.69 Å². The lowest BCUT2D eigenvalue weighted by molar-refractivity contribution is 0.414. The Morgan fingerprint density at radius 3 is 2.52 bits per heavy atom. The van der Waals surface area contributed by atoms with Gasteiger partial charge in [-0.05, 0) is 42.2 Å². The summed E-state index contributed by atoms with van der Waals surface area (Å²) < 4.78 is 10.6. The minimum absolute atomic E-state index is 0. The van der Waals surface area contributed by atoms with Gasteiger partial charge in [0.15, 0.2) is 5.96 Å². The highest BCUT2D eigenvalue weighted by atomic mass is 127. The van der Waals surface area contributed by atoms with Crippen molar-refractivity contribution in [3.63, 3.8) is 0 Å². The monoisotopic (exact) mass is 510 g/mol. The van der Waals surface area contributed by atoms with Crippen LogP contribution in [0.25, 0.3) is 0 Å². The largest absolute Gasteiger partial charge is 0.497 e. The molecule has 0 bridgehead atoms. The van der Waals surface area contributed by atoms with Gasteiger partial charge in [-0.1, -0.05) is 18.2 Å². The number of halogens is 1. The summed E-state index contributed by atoms with van der Waals surface area (Å²) >= 11 is 0. The maximum absolute atomic E-state index is 5.34. The molecule has 2 N–H and O–H groups in total. The smallest absolute Gasteiger partial charge is 0.191 e. The summed E-state index contributed by atoms with van der Waals surface area (Å²) in [5, 5.41) is 6.83. The second kappa shape index (κ2) is 11.7. The SMILES string of the molecule is CN=C(NCc1cccc(OC)c1)NCC1CCN(c2cccc(OC)c2)C1.I. The van der Waals surface area contributed by atoms with Crippen molar-refractivity contribution in [3.05, 3.63) is 54.1 Å². The van der Waals surface area contributed by atoms with E-state index >= 15 is 0 Å². The Kier molecular flexibility index (Phi) is 9.37. The molecule has 0 radical (unpaired) electrons. The second-order valence-electron chi connectivity index (χ2n) is 6.96. The van der Waals surface area contributed by atoms with Gasteiger partial charge in [0.2, 0.25) is 0 Å². The second-order valence-corrected chi connectivity index (χ2v) is 6.96. The Labute approximate surface area is 190 Å². The molecule has 1 aliphatic rings. The van der Waals surface area contributed by atoms with E-state index in [1.807, 2.05) is 30.3 Å². The number of ether oxygens (including phenoxy) is 2. The molecule has 1 atom stereocenters. The predicted molar refractivity (Wildman–Crippen MR) is 130 cm³/mol. The lowest BCUT2D eigenvalue weighted by Crippen LogP contribution is -2.39. The van der Waals surface area contributed by atoms with Crippen molar-refractivity contribution < 1.29 is 9.47 Å². The van der Waals surface area contributed by atoms with Crippen LogP contribution in [0, 0.1) is 5.92 Å². The topological polar surface area (TPSA) is 58.1 Å². The Morgan fingerprint density at radius 1 is 1.07 bits per heavy atom. The third-order valence-corrected chi connectivity index (χ3v) is 5.08. The maximum Gasteiger partial charge on any atom is 0.191 e. The van der Waals surface area contributed by atoms with Gasteiger partial charge < -0.3 is 25.0 Å². The molecule has 0 aliphatic carbocycles. The number of methoxy groups -OCH3 is 2. The summed E-state index contributed by atoms with van der Waals surface area (Å²) in [6.07, 6.45) is 1.16. The normalized spacial score (nSPS) is 16.2. The third-order valence-electron chi connectivity index (χ3n) is 5.08.